The van der Waals surface area contributed by atoms with Crippen molar-refractivity contribution in [2.45, 2.75) is 38.3 Å². The van der Waals surface area contributed by atoms with Crippen LogP contribution < -0.4 is 9.47 Å². The lowest BCUT2D eigenvalue weighted by Gasteiger charge is -2.25. The summed E-state index contributed by atoms with van der Waals surface area (Å²) in [6.45, 7) is 1.73. The van der Waals surface area contributed by atoms with Gasteiger partial charge in [0.25, 0.3) is 0 Å². The third-order valence-corrected chi connectivity index (χ3v) is 7.72. The van der Waals surface area contributed by atoms with Gasteiger partial charge in [-0.1, -0.05) is 24.1 Å². The number of ether oxygens (including phenoxy) is 3. The van der Waals surface area contributed by atoms with Crippen LogP contribution in [0.1, 0.15) is 36.8 Å². The fourth-order valence-electron chi connectivity index (χ4n) is 3.65. The van der Waals surface area contributed by atoms with Crippen molar-refractivity contribution in [1.29, 1.82) is 0 Å². The lowest BCUT2D eigenvalue weighted by molar-refractivity contribution is -0.137. The number of nitrogens with zero attached hydrogens (tertiary/aromatic N) is 2. The molecule has 35 heavy (non-hydrogen) atoms. The van der Waals surface area contributed by atoms with Crippen LogP contribution in [0.4, 0.5) is 13.2 Å². The Morgan fingerprint density at radius 1 is 1.11 bits per heavy atom. The first kappa shape index (κ1) is 27.5. The minimum atomic E-state index is -4.59. The first-order chi connectivity index (χ1) is 16.6. The second-order valence-corrected chi connectivity index (χ2v) is 10.6. The number of benzene rings is 1. The number of aryl methyl sites for hydroxylation is 1. The van der Waals surface area contributed by atoms with Crippen molar-refractivity contribution in [2.75, 3.05) is 39.2 Å². The Morgan fingerprint density at radius 2 is 1.86 bits per heavy atom. The SMILES string of the molecule is COCCOc1ccc(CCCS(=O)(=O)N2CCCCC2)c(Oc2ncc(C(F)(F)F)cc2Cl)c1. The molecule has 194 valence electrons. The second kappa shape index (κ2) is 12.2. The maximum absolute atomic E-state index is 12.9. The fraction of sp³-hybridized carbons (Fsp3) is 0.522. The number of hydrogen-bond donors (Lipinski definition) is 0. The summed E-state index contributed by atoms with van der Waals surface area (Å²) in [6.07, 6.45) is -0.482. The summed E-state index contributed by atoms with van der Waals surface area (Å²) in [7, 11) is -1.82. The van der Waals surface area contributed by atoms with Crippen molar-refractivity contribution in [3.63, 3.8) is 0 Å². The Hall–Kier alpha value is -2.08. The van der Waals surface area contributed by atoms with E-state index in [2.05, 4.69) is 4.98 Å². The van der Waals surface area contributed by atoms with E-state index in [-0.39, 0.29) is 29.0 Å². The highest BCUT2D eigenvalue weighted by atomic mass is 35.5. The van der Waals surface area contributed by atoms with Crippen LogP contribution in [0.2, 0.25) is 5.02 Å². The van der Waals surface area contributed by atoms with Gasteiger partial charge >= 0.3 is 6.18 Å². The predicted molar refractivity (Wildman–Crippen MR) is 126 cm³/mol. The Bertz CT molecular complexity index is 1090. The zero-order valence-corrected chi connectivity index (χ0v) is 20.9. The number of alkyl halides is 3. The molecule has 1 fully saturated rings. The van der Waals surface area contributed by atoms with Gasteiger partial charge in [-0.05, 0) is 43.4 Å². The number of pyridine rings is 1. The number of hydrogen-bond acceptors (Lipinski definition) is 6. The third kappa shape index (κ3) is 7.96. The largest absolute Gasteiger partial charge is 0.491 e. The molecule has 0 aliphatic carbocycles. The number of piperidine rings is 1. The van der Waals surface area contributed by atoms with Gasteiger partial charge in [-0.3, -0.25) is 0 Å². The van der Waals surface area contributed by atoms with Gasteiger partial charge in [-0.25, -0.2) is 17.7 Å². The van der Waals surface area contributed by atoms with E-state index in [9.17, 15) is 21.6 Å². The summed E-state index contributed by atoms with van der Waals surface area (Å²) in [5.74, 6) is 0.503. The van der Waals surface area contributed by atoms with Crippen LogP contribution in [-0.2, 0) is 27.4 Å². The lowest BCUT2D eigenvalue weighted by Crippen LogP contribution is -2.37. The van der Waals surface area contributed by atoms with Crippen LogP contribution in [-0.4, -0.2) is 56.9 Å². The molecule has 7 nitrogen and oxygen atoms in total. The van der Waals surface area contributed by atoms with Gasteiger partial charge in [0.1, 0.15) is 23.1 Å². The van der Waals surface area contributed by atoms with Crippen LogP contribution in [0, 0.1) is 0 Å². The molecule has 2 heterocycles. The normalized spacial score (nSPS) is 15.2. The topological polar surface area (TPSA) is 78.0 Å². The average Bonchev–Trinajstić information content (AvgIpc) is 2.81. The van der Waals surface area contributed by atoms with Gasteiger partial charge in [0.05, 0.1) is 17.9 Å². The summed E-state index contributed by atoms with van der Waals surface area (Å²) in [4.78, 5) is 3.73. The van der Waals surface area contributed by atoms with E-state index in [1.54, 1.807) is 18.2 Å². The molecule has 0 unspecified atom stereocenters. The zero-order chi connectivity index (χ0) is 25.5. The van der Waals surface area contributed by atoms with E-state index < -0.39 is 21.8 Å². The summed E-state index contributed by atoms with van der Waals surface area (Å²) in [5.41, 5.74) is -0.342. The van der Waals surface area contributed by atoms with Gasteiger partial charge in [-0.2, -0.15) is 13.2 Å². The Balaban J connectivity index is 1.76. The molecule has 0 amide bonds. The smallest absolute Gasteiger partial charge is 0.417 e. The molecule has 1 aliphatic heterocycles. The van der Waals surface area contributed by atoms with E-state index >= 15 is 0 Å². The molecule has 0 N–H and O–H groups in total. The van der Waals surface area contributed by atoms with E-state index in [1.807, 2.05) is 0 Å². The fourth-order valence-corrected chi connectivity index (χ4v) is 5.43. The van der Waals surface area contributed by atoms with Crippen LogP contribution in [0.5, 0.6) is 17.4 Å². The minimum absolute atomic E-state index is 0.0161. The van der Waals surface area contributed by atoms with E-state index in [0.29, 0.717) is 50.0 Å². The Morgan fingerprint density at radius 3 is 2.51 bits per heavy atom. The summed E-state index contributed by atoms with van der Waals surface area (Å²) in [6, 6.07) is 5.75. The van der Waals surface area contributed by atoms with Crippen molar-refractivity contribution in [1.82, 2.24) is 9.29 Å². The maximum Gasteiger partial charge on any atom is 0.417 e. The van der Waals surface area contributed by atoms with Gasteiger partial charge in [0.15, 0.2) is 0 Å². The van der Waals surface area contributed by atoms with Crippen molar-refractivity contribution >= 4 is 21.6 Å². The number of rotatable bonds is 11. The maximum atomic E-state index is 12.9. The quantitative estimate of drug-likeness (QED) is 0.362. The Labute approximate surface area is 208 Å². The van der Waals surface area contributed by atoms with Crippen LogP contribution in [0.25, 0.3) is 0 Å². The van der Waals surface area contributed by atoms with Crippen molar-refractivity contribution in [3.05, 3.63) is 46.6 Å². The molecule has 1 aliphatic rings. The van der Waals surface area contributed by atoms with Gasteiger partial charge in [-0.15, -0.1) is 0 Å². The number of halogens is 4. The standard InChI is InChI=1S/C23H28ClF3N2O5S/c1-32-11-12-33-19-8-7-17(6-5-13-35(30,31)29-9-3-2-4-10-29)21(15-19)34-22-20(24)14-18(16-28-22)23(25,26)27/h7-8,14-16H,2-6,9-13H2,1H3. The molecule has 0 atom stereocenters. The molecular formula is C23H28ClF3N2O5S. The first-order valence-corrected chi connectivity index (χ1v) is 13.2. The molecule has 3 rings (SSSR count). The molecule has 0 bridgehead atoms. The number of aromatic nitrogens is 1. The zero-order valence-electron chi connectivity index (χ0n) is 19.3. The molecule has 12 heteroatoms. The lowest BCUT2D eigenvalue weighted by atomic mass is 10.1. The van der Waals surface area contributed by atoms with Crippen LogP contribution in [0.15, 0.2) is 30.5 Å². The van der Waals surface area contributed by atoms with Gasteiger partial charge in [0.2, 0.25) is 15.9 Å². The molecule has 1 aromatic heterocycles. The molecule has 0 saturated carbocycles. The highest BCUT2D eigenvalue weighted by Gasteiger charge is 2.32. The van der Waals surface area contributed by atoms with Crippen molar-refractivity contribution in [3.8, 4) is 17.4 Å². The Kier molecular flexibility index (Phi) is 9.62. The number of methoxy groups -OCH3 is 1. The molecule has 1 saturated heterocycles. The number of sulfonamides is 1. The predicted octanol–water partition coefficient (Wildman–Crippen LogP) is 5.32. The summed E-state index contributed by atoms with van der Waals surface area (Å²) >= 11 is 6.01. The first-order valence-electron chi connectivity index (χ1n) is 11.2. The minimum Gasteiger partial charge on any atom is -0.491 e. The molecule has 2 aromatic rings. The van der Waals surface area contributed by atoms with Gasteiger partial charge in [0, 0.05) is 32.5 Å². The molecule has 0 radical (unpaired) electrons. The van der Waals surface area contributed by atoms with Crippen molar-refractivity contribution in [2.24, 2.45) is 0 Å². The van der Waals surface area contributed by atoms with E-state index in [1.165, 1.54) is 11.4 Å². The molecule has 1 aromatic carbocycles. The van der Waals surface area contributed by atoms with Crippen LogP contribution >= 0.6 is 11.6 Å². The highest BCUT2D eigenvalue weighted by Crippen LogP contribution is 2.36. The van der Waals surface area contributed by atoms with Crippen molar-refractivity contribution < 1.29 is 35.8 Å². The van der Waals surface area contributed by atoms with Crippen LogP contribution in [0.3, 0.4) is 0 Å². The highest BCUT2D eigenvalue weighted by molar-refractivity contribution is 7.89. The van der Waals surface area contributed by atoms with E-state index in [0.717, 1.165) is 25.3 Å². The third-order valence-electron chi connectivity index (χ3n) is 5.49. The molecular weight excluding hydrogens is 509 g/mol. The second-order valence-electron chi connectivity index (χ2n) is 8.10. The average molecular weight is 537 g/mol. The molecule has 0 spiro atoms. The summed E-state index contributed by atoms with van der Waals surface area (Å²) < 4.78 is 82.0. The van der Waals surface area contributed by atoms with Gasteiger partial charge < -0.3 is 14.2 Å². The monoisotopic (exact) mass is 536 g/mol. The summed E-state index contributed by atoms with van der Waals surface area (Å²) in [5, 5.41) is -0.302. The van der Waals surface area contributed by atoms with E-state index in [4.69, 9.17) is 25.8 Å².